The van der Waals surface area contributed by atoms with Crippen molar-refractivity contribution >= 4 is 14.6 Å². The maximum Gasteiger partial charge on any atom is 0.358 e. The van der Waals surface area contributed by atoms with Crippen LogP contribution in [0.3, 0.4) is 0 Å². The maximum absolute atomic E-state index is 9.94. The van der Waals surface area contributed by atoms with E-state index in [0.29, 0.717) is 6.10 Å². The van der Waals surface area contributed by atoms with E-state index >= 15 is 0 Å². The highest BCUT2D eigenvalue weighted by Gasteiger charge is 2.58. The molecule has 0 aromatic rings. The summed E-state index contributed by atoms with van der Waals surface area (Å²) in [5.74, 6) is 0. The second-order valence-corrected chi connectivity index (χ2v) is 6.27. The van der Waals surface area contributed by atoms with Gasteiger partial charge in [-0.15, -0.1) is 0 Å². The third-order valence-corrected chi connectivity index (χ3v) is 4.68. The molecule has 0 aliphatic carbocycles. The Morgan fingerprint density at radius 3 is 3.09 bits per heavy atom. The summed E-state index contributed by atoms with van der Waals surface area (Å²) in [5, 5.41) is 0. The molecule has 3 atom stereocenters. The first-order valence-electron chi connectivity index (χ1n) is 3.63. The summed E-state index contributed by atoms with van der Waals surface area (Å²) >= 11 is 0. The molecule has 2 aliphatic heterocycles. The summed E-state index contributed by atoms with van der Waals surface area (Å²) in [6, 6.07) is 0. The van der Waals surface area contributed by atoms with Crippen LogP contribution in [0.5, 0.6) is 0 Å². The lowest BCUT2D eigenvalue weighted by Crippen LogP contribution is -2.13. The third-order valence-electron chi connectivity index (χ3n) is 2.07. The molecule has 0 spiro atoms. The Hall–Kier alpha value is -0.483. The van der Waals surface area contributed by atoms with Gasteiger partial charge in [0.1, 0.15) is 0 Å². The molecule has 3 unspecified atom stereocenters. The molecule has 2 heterocycles. The van der Waals surface area contributed by atoms with Gasteiger partial charge in [0, 0.05) is 6.42 Å². The predicted octanol–water partition coefficient (Wildman–Crippen LogP) is 0.121. The molecule has 0 radical (unpaired) electrons. The van der Waals surface area contributed by atoms with E-state index in [2.05, 4.69) is 4.66 Å². The summed E-state index contributed by atoms with van der Waals surface area (Å²) in [6.45, 7) is 2.76. The Morgan fingerprint density at radius 2 is 2.55 bits per heavy atom. The number of hydrogen-bond donors (Lipinski definition) is 0. The second-order valence-electron chi connectivity index (χ2n) is 3.06. The Bertz CT molecular complexity index is 224. The zero-order chi connectivity index (χ0) is 7.90. The zero-order valence-corrected chi connectivity index (χ0v) is 7.24. The van der Waals surface area contributed by atoms with Crippen LogP contribution in [0.25, 0.3) is 0 Å². The molecular weight excluding hydrogens is 162 g/mol. The van der Waals surface area contributed by atoms with E-state index in [-0.39, 0.29) is 5.73 Å². The molecule has 0 aromatic heterocycles. The van der Waals surface area contributed by atoms with E-state index in [1.54, 1.807) is 6.08 Å². The van der Waals surface area contributed by atoms with Crippen LogP contribution in [0.2, 0.25) is 6.55 Å². The van der Waals surface area contributed by atoms with Crippen molar-refractivity contribution in [3.05, 3.63) is 0 Å². The molecule has 2 fully saturated rings. The van der Waals surface area contributed by atoms with Crippen LogP contribution >= 0.6 is 0 Å². The summed E-state index contributed by atoms with van der Waals surface area (Å²) in [4.78, 5) is 9.94. The van der Waals surface area contributed by atoms with Crippen LogP contribution in [0.15, 0.2) is 4.66 Å². The molecule has 2 aliphatic rings. The van der Waals surface area contributed by atoms with Crippen molar-refractivity contribution in [2.45, 2.75) is 24.8 Å². The first-order valence-corrected chi connectivity index (χ1v) is 6.06. The lowest BCUT2D eigenvalue weighted by molar-refractivity contribution is 0.352. The molecule has 0 N–H and O–H groups in total. The number of rotatable bonds is 3. The Kier molecular flexibility index (Phi) is 1.47. The molecule has 0 amide bonds. The van der Waals surface area contributed by atoms with Gasteiger partial charge in [0.25, 0.3) is 0 Å². The highest BCUT2D eigenvalue weighted by Crippen LogP contribution is 2.37. The van der Waals surface area contributed by atoms with Crippen LogP contribution in [-0.4, -0.2) is 33.0 Å². The number of epoxide rings is 1. The highest BCUT2D eigenvalue weighted by atomic mass is 28.4. The number of nitrogens with zero attached hydrogens (tertiary/aromatic N) is 1. The lowest BCUT2D eigenvalue weighted by atomic mass is 10.3. The summed E-state index contributed by atoms with van der Waals surface area (Å²) < 4.78 is 14.0. The van der Waals surface area contributed by atoms with Gasteiger partial charge in [-0.1, -0.05) is 0 Å². The van der Waals surface area contributed by atoms with Crippen molar-refractivity contribution < 1.29 is 14.0 Å². The maximum atomic E-state index is 9.94. The van der Waals surface area contributed by atoms with Crippen molar-refractivity contribution in [2.75, 3.05) is 6.61 Å². The highest BCUT2D eigenvalue weighted by molar-refractivity contribution is 6.80. The second kappa shape index (κ2) is 2.25. The minimum Gasteiger partial charge on any atom is -0.391 e. The normalized spacial score (nSPS) is 46.3. The summed E-state index contributed by atoms with van der Waals surface area (Å²) in [5.41, 5.74) is 0.205. The van der Waals surface area contributed by atoms with Crippen molar-refractivity contribution in [2.24, 2.45) is 4.66 Å². The van der Waals surface area contributed by atoms with Crippen LogP contribution in [0.4, 0.5) is 0 Å². The van der Waals surface area contributed by atoms with Gasteiger partial charge in [-0.25, -0.2) is 9.45 Å². The summed E-state index contributed by atoms with van der Waals surface area (Å²) in [6.07, 6.45) is 2.85. The standard InChI is InChI=1S/C6H9NO3Si/c1-11(7-4-8)6(10-11)2-5-3-9-5/h5-6H,2-3H2,1H3. The van der Waals surface area contributed by atoms with Crippen LogP contribution in [0.1, 0.15) is 6.42 Å². The molecule has 0 bridgehead atoms. The Morgan fingerprint density at radius 1 is 1.82 bits per heavy atom. The Labute approximate surface area is 65.4 Å². The molecule has 60 valence electrons. The topological polar surface area (TPSA) is 54.5 Å². The van der Waals surface area contributed by atoms with E-state index in [1.165, 1.54) is 0 Å². The van der Waals surface area contributed by atoms with E-state index in [4.69, 9.17) is 9.16 Å². The fourth-order valence-electron chi connectivity index (χ4n) is 1.15. The molecule has 4 nitrogen and oxygen atoms in total. The fourth-order valence-corrected chi connectivity index (χ4v) is 3.35. The van der Waals surface area contributed by atoms with E-state index in [9.17, 15) is 4.79 Å². The van der Waals surface area contributed by atoms with Gasteiger partial charge >= 0.3 is 8.48 Å². The first kappa shape index (κ1) is 7.18. The third kappa shape index (κ3) is 1.41. The van der Waals surface area contributed by atoms with Gasteiger partial charge in [-0.05, 0) is 6.55 Å². The van der Waals surface area contributed by atoms with E-state index < -0.39 is 8.48 Å². The van der Waals surface area contributed by atoms with Crippen molar-refractivity contribution in [3.63, 3.8) is 0 Å². The van der Waals surface area contributed by atoms with Gasteiger partial charge in [-0.3, -0.25) is 0 Å². The predicted molar refractivity (Wildman–Crippen MR) is 39.0 cm³/mol. The quantitative estimate of drug-likeness (QED) is 0.262. The minimum absolute atomic E-state index is 0.205. The monoisotopic (exact) mass is 171 g/mol. The molecule has 2 saturated heterocycles. The first-order chi connectivity index (χ1) is 5.24. The lowest BCUT2D eigenvalue weighted by Gasteiger charge is -1.88. The van der Waals surface area contributed by atoms with Gasteiger partial charge in [0.05, 0.1) is 18.4 Å². The Balaban J connectivity index is 1.86. The number of carbonyl (C=O) groups excluding carboxylic acids is 1. The van der Waals surface area contributed by atoms with Crippen molar-refractivity contribution in [3.8, 4) is 0 Å². The molecule has 0 aromatic carbocycles. The molecule has 11 heavy (non-hydrogen) atoms. The van der Waals surface area contributed by atoms with Crippen LogP contribution in [0, 0.1) is 0 Å². The number of hydrogen-bond acceptors (Lipinski definition) is 4. The minimum atomic E-state index is -1.94. The van der Waals surface area contributed by atoms with Crippen molar-refractivity contribution in [1.29, 1.82) is 0 Å². The van der Waals surface area contributed by atoms with E-state index in [1.807, 2.05) is 6.55 Å². The van der Waals surface area contributed by atoms with Gasteiger partial charge in [0.2, 0.25) is 6.08 Å². The summed E-state index contributed by atoms with van der Waals surface area (Å²) in [7, 11) is -1.94. The van der Waals surface area contributed by atoms with Crippen molar-refractivity contribution in [1.82, 2.24) is 0 Å². The van der Waals surface area contributed by atoms with Gasteiger partial charge < -0.3 is 9.16 Å². The molecular formula is C6H9NO3Si. The SMILES string of the molecule is C[Si]1(N=C=O)OC1CC1CO1. The molecule has 2 rings (SSSR count). The number of ether oxygens (including phenoxy) is 1. The molecule has 0 saturated carbocycles. The van der Waals surface area contributed by atoms with Crippen LogP contribution < -0.4 is 0 Å². The smallest absolute Gasteiger partial charge is 0.358 e. The van der Waals surface area contributed by atoms with Crippen LogP contribution in [-0.2, 0) is 14.0 Å². The zero-order valence-electron chi connectivity index (χ0n) is 6.24. The molecule has 5 heteroatoms. The largest absolute Gasteiger partial charge is 0.391 e. The number of isocyanates is 1. The average Bonchev–Trinajstić information content (AvgIpc) is 2.78. The van der Waals surface area contributed by atoms with Gasteiger partial charge in [0.15, 0.2) is 0 Å². The average molecular weight is 171 g/mol. The van der Waals surface area contributed by atoms with E-state index in [0.717, 1.165) is 13.0 Å². The fraction of sp³-hybridized carbons (Fsp3) is 0.833. The van der Waals surface area contributed by atoms with Gasteiger partial charge in [-0.2, -0.15) is 0 Å².